The topological polar surface area (TPSA) is 97.4 Å². The molecule has 1 aromatic carbocycles. The summed E-state index contributed by atoms with van der Waals surface area (Å²) in [6.45, 7) is 3.27. The van der Waals surface area contributed by atoms with Crippen molar-refractivity contribution in [2.24, 2.45) is 0 Å². The van der Waals surface area contributed by atoms with Crippen molar-refractivity contribution in [3.63, 3.8) is 0 Å². The molecule has 140 valence electrons. The van der Waals surface area contributed by atoms with Gasteiger partial charge in [-0.1, -0.05) is 30.8 Å². The minimum atomic E-state index is -0.655. The van der Waals surface area contributed by atoms with Crippen LogP contribution in [0.15, 0.2) is 28.6 Å². The van der Waals surface area contributed by atoms with E-state index in [0.29, 0.717) is 5.75 Å². The lowest BCUT2D eigenvalue weighted by Gasteiger charge is -2.11. The van der Waals surface area contributed by atoms with Gasteiger partial charge in [-0.15, -0.1) is 11.3 Å². The van der Waals surface area contributed by atoms with Gasteiger partial charge in [-0.05, 0) is 25.5 Å². The Hall–Kier alpha value is -2.13. The molecule has 0 saturated heterocycles. The van der Waals surface area contributed by atoms with Gasteiger partial charge in [0.2, 0.25) is 0 Å². The normalized spacial score (nSPS) is 11.8. The number of para-hydroxylation sites is 1. The number of aromatic nitrogens is 1. The highest BCUT2D eigenvalue weighted by Gasteiger charge is 2.12. The molecule has 2 rings (SSSR count). The lowest BCUT2D eigenvalue weighted by atomic mass is 10.3. The molecule has 1 aromatic heterocycles. The molecule has 0 radical (unpaired) electrons. The van der Waals surface area contributed by atoms with Gasteiger partial charge in [-0.3, -0.25) is 14.9 Å². The minimum absolute atomic E-state index is 0.0371. The number of carbonyl (C=O) groups is 3. The summed E-state index contributed by atoms with van der Waals surface area (Å²) in [6, 6.07) is 7.21. The van der Waals surface area contributed by atoms with Crippen molar-refractivity contribution >= 4 is 51.2 Å². The van der Waals surface area contributed by atoms with Crippen LogP contribution in [0.3, 0.4) is 0 Å². The molecule has 1 atom stereocenters. The largest absolute Gasteiger partial charge is 0.456 e. The number of ether oxygens (including phenoxy) is 1. The summed E-state index contributed by atoms with van der Waals surface area (Å²) >= 11 is 3.04. The number of carbonyl (C=O) groups excluding carboxylic acids is 3. The number of hydrogen-bond acceptors (Lipinski definition) is 7. The van der Waals surface area contributed by atoms with Crippen LogP contribution in [0.4, 0.5) is 4.79 Å². The predicted octanol–water partition coefficient (Wildman–Crippen LogP) is 2.95. The second-order valence-electron chi connectivity index (χ2n) is 5.54. The molecule has 2 N–H and O–H groups in total. The Morgan fingerprint density at radius 1 is 1.31 bits per heavy atom. The third kappa shape index (κ3) is 6.64. The van der Waals surface area contributed by atoms with Crippen LogP contribution in [0.2, 0.25) is 0 Å². The first kappa shape index (κ1) is 20.2. The maximum atomic E-state index is 11.7. The molecule has 0 spiro atoms. The molecule has 9 heteroatoms. The number of fused-ring (bicyclic) bond motifs is 1. The smallest absolute Gasteiger partial charge is 0.321 e. The van der Waals surface area contributed by atoms with Gasteiger partial charge in [0.05, 0.1) is 16.6 Å². The summed E-state index contributed by atoms with van der Waals surface area (Å²) in [6.07, 6.45) is 0.913. The first-order valence-electron chi connectivity index (χ1n) is 8.22. The van der Waals surface area contributed by atoms with E-state index in [-0.39, 0.29) is 12.5 Å². The Morgan fingerprint density at radius 2 is 2.08 bits per heavy atom. The number of nitrogens with one attached hydrogen (secondary N) is 2. The second-order valence-corrected chi connectivity index (χ2v) is 7.91. The zero-order valence-corrected chi connectivity index (χ0v) is 16.2. The number of imide groups is 1. The van der Waals surface area contributed by atoms with Crippen molar-refractivity contribution in [3.05, 3.63) is 24.3 Å². The fourth-order valence-electron chi connectivity index (χ4n) is 1.88. The highest BCUT2D eigenvalue weighted by Crippen LogP contribution is 2.29. The third-order valence-electron chi connectivity index (χ3n) is 3.41. The minimum Gasteiger partial charge on any atom is -0.456 e. The van der Waals surface area contributed by atoms with Crippen LogP contribution in [0.1, 0.15) is 26.7 Å². The van der Waals surface area contributed by atoms with Gasteiger partial charge in [0.25, 0.3) is 5.91 Å². The number of nitrogens with zero attached hydrogens (tertiary/aromatic N) is 1. The average Bonchev–Trinajstić information content (AvgIpc) is 3.02. The fourth-order valence-corrected chi connectivity index (χ4v) is 3.94. The second kappa shape index (κ2) is 10.1. The van der Waals surface area contributed by atoms with Crippen molar-refractivity contribution in [1.29, 1.82) is 0 Å². The van der Waals surface area contributed by atoms with E-state index in [1.807, 2.05) is 38.1 Å². The van der Waals surface area contributed by atoms with E-state index < -0.39 is 24.5 Å². The Kier molecular flexibility index (Phi) is 7.86. The SMILES string of the molecule is CC[C@@H](C)NC(=O)NC(=O)COC(=O)CCSc1nc2ccccc2s1. The third-order valence-corrected chi connectivity index (χ3v) is 5.59. The zero-order valence-electron chi connectivity index (χ0n) is 14.6. The van der Waals surface area contributed by atoms with Crippen LogP contribution < -0.4 is 10.6 Å². The summed E-state index contributed by atoms with van der Waals surface area (Å²) < 4.78 is 6.86. The van der Waals surface area contributed by atoms with Gasteiger partial charge >= 0.3 is 12.0 Å². The number of benzene rings is 1. The van der Waals surface area contributed by atoms with E-state index in [0.717, 1.165) is 21.0 Å². The summed E-state index contributed by atoms with van der Waals surface area (Å²) in [5, 5.41) is 4.71. The summed E-state index contributed by atoms with van der Waals surface area (Å²) in [4.78, 5) is 39.2. The monoisotopic (exact) mass is 395 g/mol. The van der Waals surface area contributed by atoms with Crippen LogP contribution >= 0.6 is 23.1 Å². The van der Waals surface area contributed by atoms with Crippen LogP contribution in [-0.2, 0) is 14.3 Å². The summed E-state index contributed by atoms with van der Waals surface area (Å²) in [7, 11) is 0. The van der Waals surface area contributed by atoms with E-state index in [1.165, 1.54) is 11.8 Å². The Bertz CT molecular complexity index is 745. The molecule has 0 aliphatic heterocycles. The fraction of sp³-hybridized carbons (Fsp3) is 0.412. The van der Waals surface area contributed by atoms with E-state index in [4.69, 9.17) is 4.74 Å². The highest BCUT2D eigenvalue weighted by molar-refractivity contribution is 8.01. The lowest BCUT2D eigenvalue weighted by molar-refractivity contribution is -0.147. The number of amides is 3. The number of urea groups is 1. The zero-order chi connectivity index (χ0) is 18.9. The molecule has 2 aromatic rings. The molecule has 26 heavy (non-hydrogen) atoms. The molecule has 0 aliphatic rings. The van der Waals surface area contributed by atoms with Crippen molar-refractivity contribution in [1.82, 2.24) is 15.6 Å². The Morgan fingerprint density at radius 3 is 2.81 bits per heavy atom. The molecular weight excluding hydrogens is 374 g/mol. The molecule has 0 unspecified atom stereocenters. The highest BCUT2D eigenvalue weighted by atomic mass is 32.2. The summed E-state index contributed by atoms with van der Waals surface area (Å²) in [5.74, 6) is -0.636. The molecule has 1 heterocycles. The Labute approximate surface area is 159 Å². The van der Waals surface area contributed by atoms with Crippen LogP contribution in [0.5, 0.6) is 0 Å². The molecule has 0 saturated carbocycles. The lowest BCUT2D eigenvalue weighted by Crippen LogP contribution is -2.44. The molecular formula is C17H21N3O4S2. The Balaban J connectivity index is 1.64. The van der Waals surface area contributed by atoms with Crippen molar-refractivity contribution in [3.8, 4) is 0 Å². The number of thiazole rings is 1. The van der Waals surface area contributed by atoms with Crippen molar-refractivity contribution in [2.75, 3.05) is 12.4 Å². The molecule has 3 amide bonds. The standard InChI is InChI=1S/C17H21N3O4S2/c1-3-11(2)18-16(23)20-14(21)10-24-15(22)8-9-25-17-19-12-6-4-5-7-13(12)26-17/h4-7,11H,3,8-10H2,1-2H3,(H2,18,20,21,23)/t11-/m1/s1. The number of thioether (sulfide) groups is 1. The van der Waals surface area contributed by atoms with E-state index >= 15 is 0 Å². The molecule has 0 fully saturated rings. The van der Waals surface area contributed by atoms with Crippen LogP contribution in [-0.4, -0.2) is 41.3 Å². The number of esters is 1. The van der Waals surface area contributed by atoms with Gasteiger partial charge in [-0.2, -0.15) is 0 Å². The summed E-state index contributed by atoms with van der Waals surface area (Å²) in [5.41, 5.74) is 0.940. The quantitative estimate of drug-likeness (QED) is 0.527. The van der Waals surface area contributed by atoms with Crippen molar-refractivity contribution in [2.45, 2.75) is 37.1 Å². The average molecular weight is 396 g/mol. The maximum Gasteiger partial charge on any atom is 0.321 e. The molecule has 0 aliphatic carbocycles. The first-order valence-corrected chi connectivity index (χ1v) is 10.0. The van der Waals surface area contributed by atoms with Crippen LogP contribution in [0, 0.1) is 0 Å². The van der Waals surface area contributed by atoms with Gasteiger partial charge in [0.15, 0.2) is 10.9 Å². The van der Waals surface area contributed by atoms with E-state index in [9.17, 15) is 14.4 Å². The van der Waals surface area contributed by atoms with Crippen molar-refractivity contribution < 1.29 is 19.1 Å². The van der Waals surface area contributed by atoms with Gasteiger partial charge in [0.1, 0.15) is 0 Å². The maximum absolute atomic E-state index is 11.7. The van der Waals surface area contributed by atoms with E-state index in [2.05, 4.69) is 15.6 Å². The molecule has 7 nitrogen and oxygen atoms in total. The van der Waals surface area contributed by atoms with Gasteiger partial charge < -0.3 is 10.1 Å². The van der Waals surface area contributed by atoms with Gasteiger partial charge in [0, 0.05) is 11.8 Å². The number of rotatable bonds is 8. The predicted molar refractivity (Wildman–Crippen MR) is 102 cm³/mol. The number of hydrogen-bond donors (Lipinski definition) is 2. The first-order chi connectivity index (χ1) is 12.5. The van der Waals surface area contributed by atoms with Crippen LogP contribution in [0.25, 0.3) is 10.2 Å². The van der Waals surface area contributed by atoms with E-state index in [1.54, 1.807) is 11.3 Å². The van der Waals surface area contributed by atoms with Gasteiger partial charge in [-0.25, -0.2) is 9.78 Å². The molecule has 0 bridgehead atoms.